The van der Waals surface area contributed by atoms with Crippen molar-refractivity contribution in [2.75, 3.05) is 19.1 Å². The van der Waals surface area contributed by atoms with Crippen LogP contribution in [0.3, 0.4) is 0 Å². The summed E-state index contributed by atoms with van der Waals surface area (Å²) in [4.78, 5) is 14.8. The number of nitrogens with one attached hydrogen (secondary N) is 1. The van der Waals surface area contributed by atoms with Gasteiger partial charge in [0.15, 0.2) is 17.1 Å². The number of ether oxygens (including phenoxy) is 1. The Hall–Kier alpha value is -3.28. The lowest BCUT2D eigenvalue weighted by atomic mass is 9.80. The number of anilines is 1. The molecule has 2 aromatic carbocycles. The van der Waals surface area contributed by atoms with E-state index in [1.54, 1.807) is 25.5 Å². The van der Waals surface area contributed by atoms with E-state index in [1.165, 1.54) is 11.3 Å². The lowest BCUT2D eigenvalue weighted by Gasteiger charge is -2.45. The fourth-order valence-electron chi connectivity index (χ4n) is 4.21. The number of hydrogen-bond donors (Lipinski definition) is 1. The van der Waals surface area contributed by atoms with E-state index in [4.69, 9.17) is 9.15 Å². The minimum Gasteiger partial charge on any atom is -0.493 e. The van der Waals surface area contributed by atoms with E-state index in [1.807, 2.05) is 18.2 Å². The number of benzene rings is 2. The van der Waals surface area contributed by atoms with Gasteiger partial charge >= 0.3 is 5.91 Å². The smallest absolute Gasteiger partial charge is 0.307 e. The number of rotatable bonds is 4. The van der Waals surface area contributed by atoms with Crippen LogP contribution in [0.2, 0.25) is 0 Å². The van der Waals surface area contributed by atoms with Crippen molar-refractivity contribution in [3.63, 3.8) is 0 Å². The number of hydrogen-bond acceptors (Lipinski definition) is 5. The van der Waals surface area contributed by atoms with Gasteiger partial charge in [-0.15, -0.1) is 0 Å². The molecule has 2 heterocycles. The van der Waals surface area contributed by atoms with Crippen molar-refractivity contribution in [3.05, 3.63) is 59.4 Å². The molecule has 1 aliphatic rings. The van der Waals surface area contributed by atoms with Crippen LogP contribution in [-0.4, -0.2) is 31.8 Å². The van der Waals surface area contributed by atoms with Gasteiger partial charge in [0.1, 0.15) is 0 Å². The molecule has 0 radical (unpaired) electrons. The van der Waals surface area contributed by atoms with Gasteiger partial charge in [-0.05, 0) is 61.6 Å². The van der Waals surface area contributed by atoms with E-state index in [0.717, 1.165) is 17.4 Å². The molecule has 0 bridgehead atoms. The molecule has 0 saturated heterocycles. The highest BCUT2D eigenvalue weighted by Crippen LogP contribution is 2.42. The van der Waals surface area contributed by atoms with Crippen molar-refractivity contribution in [2.45, 2.75) is 38.6 Å². The third-order valence-corrected chi connectivity index (χ3v) is 5.99. The number of nitrogens with zero attached hydrogens (tertiary/aromatic N) is 2. The Bertz CT molecular complexity index is 1130. The van der Waals surface area contributed by atoms with Gasteiger partial charge < -0.3 is 14.1 Å². The topological polar surface area (TPSA) is 67.1 Å². The third-order valence-electron chi connectivity index (χ3n) is 5.99. The number of carbonyl (C=O) groups is 1. The second-order valence-electron chi connectivity index (χ2n) is 8.48. The van der Waals surface area contributed by atoms with Crippen molar-refractivity contribution in [1.29, 1.82) is 0 Å². The highest BCUT2D eigenvalue weighted by Gasteiger charge is 2.33. The Balaban J connectivity index is 1.50. The summed E-state index contributed by atoms with van der Waals surface area (Å²) in [5.74, 6) is 0.831. The first kappa shape index (κ1) is 20.0. The van der Waals surface area contributed by atoms with Gasteiger partial charge in [-0.1, -0.05) is 25.1 Å². The van der Waals surface area contributed by atoms with E-state index in [9.17, 15) is 4.79 Å². The van der Waals surface area contributed by atoms with Crippen LogP contribution >= 0.6 is 0 Å². The summed E-state index contributed by atoms with van der Waals surface area (Å²) >= 11 is 0. The van der Waals surface area contributed by atoms with Crippen LogP contribution in [0, 0.1) is 0 Å². The van der Waals surface area contributed by atoms with Crippen molar-refractivity contribution in [3.8, 4) is 5.75 Å². The molecule has 1 N–H and O–H groups in total. The summed E-state index contributed by atoms with van der Waals surface area (Å²) in [6, 6.07) is 13.5. The monoisotopic (exact) mass is 405 g/mol. The number of hydrazone groups is 1. The van der Waals surface area contributed by atoms with Crippen molar-refractivity contribution in [1.82, 2.24) is 5.43 Å². The van der Waals surface area contributed by atoms with Crippen molar-refractivity contribution >= 4 is 28.8 Å². The first-order chi connectivity index (χ1) is 14.3. The Morgan fingerprint density at radius 1 is 1.30 bits per heavy atom. The molecule has 0 spiro atoms. The van der Waals surface area contributed by atoms with Crippen LogP contribution in [-0.2, 0) is 0 Å². The number of methoxy groups -OCH3 is 1. The summed E-state index contributed by atoms with van der Waals surface area (Å²) in [6.07, 6.45) is 2.75. The minimum absolute atomic E-state index is 0.130. The van der Waals surface area contributed by atoms with Gasteiger partial charge in [-0.3, -0.25) is 4.79 Å². The Morgan fingerprint density at radius 3 is 2.87 bits per heavy atom. The van der Waals surface area contributed by atoms with E-state index < -0.39 is 5.91 Å². The maximum Gasteiger partial charge on any atom is 0.307 e. The molecule has 0 fully saturated rings. The number of fused-ring (bicyclic) bond motifs is 2. The number of carbonyl (C=O) groups excluding carboxylic acids is 1. The molecular weight excluding hydrogens is 378 g/mol. The molecule has 30 heavy (non-hydrogen) atoms. The average Bonchev–Trinajstić information content (AvgIpc) is 3.16. The molecule has 1 aliphatic heterocycles. The summed E-state index contributed by atoms with van der Waals surface area (Å²) < 4.78 is 10.9. The summed E-state index contributed by atoms with van der Waals surface area (Å²) in [6.45, 7) is 6.79. The van der Waals surface area contributed by atoms with Crippen LogP contribution in [0.15, 0.2) is 52.0 Å². The zero-order valence-corrected chi connectivity index (χ0v) is 18.0. The molecule has 0 saturated carbocycles. The van der Waals surface area contributed by atoms with Crippen LogP contribution in [0.25, 0.3) is 11.0 Å². The predicted octanol–water partition coefficient (Wildman–Crippen LogP) is 4.93. The third kappa shape index (κ3) is 3.54. The van der Waals surface area contributed by atoms with E-state index in [2.05, 4.69) is 55.4 Å². The van der Waals surface area contributed by atoms with E-state index in [-0.39, 0.29) is 11.3 Å². The molecule has 6 nitrogen and oxygen atoms in total. The SMILES string of the molecule is COc1cccc2cc(C(=O)N/N=C\c3ccc4c(c3)C(C)CC(C)(C)N4C)oc12. The highest BCUT2D eigenvalue weighted by atomic mass is 16.5. The van der Waals surface area contributed by atoms with Crippen LogP contribution in [0.1, 0.15) is 54.8 Å². The molecule has 156 valence electrons. The van der Waals surface area contributed by atoms with Gasteiger partial charge in [0.2, 0.25) is 0 Å². The molecule has 4 rings (SSSR count). The molecule has 0 aliphatic carbocycles. The molecule has 3 aromatic rings. The van der Waals surface area contributed by atoms with Gasteiger partial charge in [0.05, 0.1) is 13.3 Å². The fourth-order valence-corrected chi connectivity index (χ4v) is 4.21. The molecule has 1 aromatic heterocycles. The fraction of sp³-hybridized carbons (Fsp3) is 0.333. The van der Waals surface area contributed by atoms with Crippen LogP contribution < -0.4 is 15.1 Å². The van der Waals surface area contributed by atoms with E-state index >= 15 is 0 Å². The zero-order valence-electron chi connectivity index (χ0n) is 18.0. The molecule has 1 amide bonds. The van der Waals surface area contributed by atoms with Gasteiger partial charge in [0, 0.05) is 23.7 Å². The lowest BCUT2D eigenvalue weighted by Crippen LogP contribution is -2.45. The Labute approximate surface area is 176 Å². The van der Waals surface area contributed by atoms with Crippen LogP contribution in [0.4, 0.5) is 5.69 Å². The average molecular weight is 405 g/mol. The quantitative estimate of drug-likeness (QED) is 0.494. The zero-order chi connectivity index (χ0) is 21.5. The second kappa shape index (κ2) is 7.52. The molecule has 1 unspecified atom stereocenters. The van der Waals surface area contributed by atoms with Crippen molar-refractivity contribution in [2.24, 2.45) is 5.10 Å². The number of amides is 1. The van der Waals surface area contributed by atoms with Gasteiger partial charge in [-0.2, -0.15) is 5.10 Å². The largest absolute Gasteiger partial charge is 0.493 e. The highest BCUT2D eigenvalue weighted by molar-refractivity contribution is 5.97. The number of para-hydroxylation sites is 1. The summed E-state index contributed by atoms with van der Waals surface area (Å²) in [5.41, 5.74) is 6.71. The molecular formula is C24H27N3O3. The van der Waals surface area contributed by atoms with E-state index in [0.29, 0.717) is 17.3 Å². The standard InChI is InChI=1S/C24H27N3O3/c1-15-13-24(2,3)27(4)19-10-9-16(11-18(15)19)14-25-26-23(28)21-12-17-7-6-8-20(29-5)22(17)30-21/h6-12,14-15H,13H2,1-5H3,(H,26,28)/b25-14-. The minimum atomic E-state index is -0.405. The summed E-state index contributed by atoms with van der Waals surface area (Å²) in [7, 11) is 3.71. The van der Waals surface area contributed by atoms with Gasteiger partial charge in [0.25, 0.3) is 0 Å². The molecule has 1 atom stereocenters. The Morgan fingerprint density at radius 2 is 2.10 bits per heavy atom. The molecule has 6 heteroatoms. The lowest BCUT2D eigenvalue weighted by molar-refractivity contribution is 0.0929. The van der Waals surface area contributed by atoms with Crippen molar-refractivity contribution < 1.29 is 13.9 Å². The Kier molecular flexibility index (Phi) is 5.02. The summed E-state index contributed by atoms with van der Waals surface area (Å²) in [5, 5.41) is 4.93. The normalized spacial score (nSPS) is 17.9. The van der Waals surface area contributed by atoms with Crippen LogP contribution in [0.5, 0.6) is 5.75 Å². The maximum absolute atomic E-state index is 12.4. The second-order valence-corrected chi connectivity index (χ2v) is 8.48. The van der Waals surface area contributed by atoms with Gasteiger partial charge in [-0.25, -0.2) is 5.43 Å². The first-order valence-corrected chi connectivity index (χ1v) is 10.1. The first-order valence-electron chi connectivity index (χ1n) is 10.1. The maximum atomic E-state index is 12.4. The predicted molar refractivity (Wildman–Crippen MR) is 120 cm³/mol. The number of furan rings is 1.